The van der Waals surface area contributed by atoms with Crippen molar-refractivity contribution in [3.8, 4) is 5.75 Å². The van der Waals surface area contributed by atoms with Crippen molar-refractivity contribution in [2.24, 2.45) is 0 Å². The Hall–Kier alpha value is -1.43. The average Bonchev–Trinajstić information content (AvgIpc) is 2.42. The molecule has 0 radical (unpaired) electrons. The van der Waals surface area contributed by atoms with Crippen molar-refractivity contribution in [1.82, 2.24) is 0 Å². The minimum Gasteiger partial charge on any atom is -0.496 e. The predicted molar refractivity (Wildman–Crippen MR) is 84.7 cm³/mol. The normalized spacial score (nSPS) is 11.7. The Labute approximate surface area is 163 Å². The third-order valence-corrected chi connectivity index (χ3v) is 3.73. The van der Waals surface area contributed by atoms with Gasteiger partial charge in [-0.1, -0.05) is 31.9 Å². The highest BCUT2D eigenvalue weighted by molar-refractivity contribution is 9.10. The number of methoxy groups -OCH3 is 1. The number of hydrogen-bond acceptors (Lipinski definition) is 1. The molecule has 0 aliphatic carbocycles. The van der Waals surface area contributed by atoms with Gasteiger partial charge < -0.3 is 4.74 Å². The number of ether oxygens (including phenoxy) is 1. The molecule has 0 N–H and O–H groups in total. The van der Waals surface area contributed by atoms with Crippen LogP contribution < -0.4 is 4.74 Å². The molecule has 0 aromatic heterocycles. The van der Waals surface area contributed by atoms with E-state index in [1.54, 1.807) is 0 Å². The third-order valence-electron chi connectivity index (χ3n) is 2.81. The molecule has 0 bridgehead atoms. The molecule has 0 amide bonds. The summed E-state index contributed by atoms with van der Waals surface area (Å²) in [6, 6.07) is 2.93. The van der Waals surface area contributed by atoms with E-state index in [0.717, 1.165) is 19.2 Å². The molecular formula is C15H7Br2F9O. The van der Waals surface area contributed by atoms with Crippen molar-refractivity contribution in [2.75, 3.05) is 7.11 Å². The fourth-order valence-electron chi connectivity index (χ4n) is 1.80. The summed E-state index contributed by atoms with van der Waals surface area (Å²) in [4.78, 5) is 0. The van der Waals surface area contributed by atoms with Crippen molar-refractivity contribution in [2.45, 2.75) is 12.4 Å². The Morgan fingerprint density at radius 2 is 1.00 bits per heavy atom. The summed E-state index contributed by atoms with van der Waals surface area (Å²) in [5.41, 5.74) is -3.25. The molecule has 2 aromatic carbocycles. The fourth-order valence-corrected chi connectivity index (χ4v) is 2.61. The number of benzene rings is 2. The standard InChI is InChI=1S/C8H5BrF4O.C7H2BrF5/c1-14-6-3-4(9)2-5(10)7(6)8(11,12)13;8-3-1-4(9)6(5(10)2-3)7(11,12)13/h2-3H,1H3;1-2H. The Morgan fingerprint density at radius 3 is 1.33 bits per heavy atom. The van der Waals surface area contributed by atoms with E-state index in [-0.39, 0.29) is 8.95 Å². The highest BCUT2D eigenvalue weighted by atomic mass is 79.9. The summed E-state index contributed by atoms with van der Waals surface area (Å²) in [6.45, 7) is 0. The van der Waals surface area contributed by atoms with Gasteiger partial charge in [-0.2, -0.15) is 26.3 Å². The van der Waals surface area contributed by atoms with Gasteiger partial charge in [0.1, 0.15) is 34.3 Å². The predicted octanol–water partition coefficient (Wildman–Crippen LogP) is 7.36. The maximum absolute atomic E-state index is 13.0. The molecule has 1 nitrogen and oxygen atoms in total. The lowest BCUT2D eigenvalue weighted by atomic mass is 10.2. The zero-order valence-corrected chi connectivity index (χ0v) is 16.0. The Kier molecular flexibility index (Phi) is 7.62. The minimum atomic E-state index is -5.01. The van der Waals surface area contributed by atoms with Gasteiger partial charge in [0.15, 0.2) is 0 Å². The quantitative estimate of drug-likeness (QED) is 0.348. The lowest BCUT2D eigenvalue weighted by Crippen LogP contribution is -2.11. The Morgan fingerprint density at radius 1 is 0.667 bits per heavy atom. The van der Waals surface area contributed by atoms with Crippen molar-refractivity contribution in [3.63, 3.8) is 0 Å². The van der Waals surface area contributed by atoms with Crippen LogP contribution in [-0.2, 0) is 12.4 Å². The summed E-state index contributed by atoms with van der Waals surface area (Å²) in [6.07, 6.45) is -9.76. The van der Waals surface area contributed by atoms with Gasteiger partial charge in [0.2, 0.25) is 0 Å². The Bertz CT molecular complexity index is 793. The molecule has 0 fully saturated rings. The molecule has 0 saturated heterocycles. The van der Waals surface area contributed by atoms with E-state index in [1.165, 1.54) is 0 Å². The van der Waals surface area contributed by atoms with Gasteiger partial charge in [0, 0.05) is 8.95 Å². The molecule has 0 aliphatic rings. The van der Waals surface area contributed by atoms with E-state index < -0.39 is 46.7 Å². The van der Waals surface area contributed by atoms with Crippen LogP contribution in [0, 0.1) is 17.5 Å². The van der Waals surface area contributed by atoms with Crippen LogP contribution in [-0.4, -0.2) is 7.11 Å². The largest absolute Gasteiger partial charge is 0.496 e. The van der Waals surface area contributed by atoms with Crippen LogP contribution in [0.5, 0.6) is 5.75 Å². The van der Waals surface area contributed by atoms with Gasteiger partial charge in [-0.05, 0) is 24.3 Å². The maximum atomic E-state index is 13.0. The summed E-state index contributed by atoms with van der Waals surface area (Å²) < 4.78 is 115. The van der Waals surface area contributed by atoms with E-state index in [9.17, 15) is 39.5 Å². The number of hydrogen-bond donors (Lipinski definition) is 0. The van der Waals surface area contributed by atoms with Crippen LogP contribution in [0.4, 0.5) is 39.5 Å². The van der Waals surface area contributed by atoms with Crippen LogP contribution in [0.2, 0.25) is 0 Å². The maximum Gasteiger partial charge on any atom is 0.422 e. The molecule has 2 aromatic rings. The van der Waals surface area contributed by atoms with E-state index in [2.05, 4.69) is 36.6 Å². The van der Waals surface area contributed by atoms with Crippen LogP contribution in [0.25, 0.3) is 0 Å². The van der Waals surface area contributed by atoms with Crippen molar-refractivity contribution in [3.05, 3.63) is 61.8 Å². The van der Waals surface area contributed by atoms with Crippen LogP contribution >= 0.6 is 31.9 Å². The molecule has 0 unspecified atom stereocenters. The lowest BCUT2D eigenvalue weighted by molar-refractivity contribution is -0.143. The first-order chi connectivity index (χ1) is 12.2. The number of halogens is 11. The summed E-state index contributed by atoms with van der Waals surface area (Å²) in [7, 11) is 1.05. The molecule has 2 rings (SSSR count). The molecule has 0 atom stereocenters. The molecule has 27 heavy (non-hydrogen) atoms. The van der Waals surface area contributed by atoms with Gasteiger partial charge >= 0.3 is 12.4 Å². The van der Waals surface area contributed by atoms with Gasteiger partial charge in [-0.3, -0.25) is 0 Å². The second kappa shape index (κ2) is 8.72. The zero-order chi connectivity index (χ0) is 21.2. The molecule has 12 heteroatoms. The van der Waals surface area contributed by atoms with E-state index >= 15 is 0 Å². The second-order valence-electron chi connectivity index (χ2n) is 4.70. The third kappa shape index (κ3) is 6.30. The molecule has 0 heterocycles. The number of rotatable bonds is 1. The topological polar surface area (TPSA) is 9.23 Å². The van der Waals surface area contributed by atoms with Gasteiger partial charge in [-0.15, -0.1) is 0 Å². The van der Waals surface area contributed by atoms with Crippen LogP contribution in [0.15, 0.2) is 33.2 Å². The van der Waals surface area contributed by atoms with Crippen molar-refractivity contribution in [1.29, 1.82) is 0 Å². The van der Waals surface area contributed by atoms with Crippen LogP contribution in [0.1, 0.15) is 11.1 Å². The van der Waals surface area contributed by atoms with Crippen molar-refractivity contribution >= 4 is 31.9 Å². The van der Waals surface area contributed by atoms with E-state index in [1.807, 2.05) is 0 Å². The van der Waals surface area contributed by atoms with Gasteiger partial charge in [0.25, 0.3) is 0 Å². The molecule has 0 spiro atoms. The fraction of sp³-hybridized carbons (Fsp3) is 0.200. The van der Waals surface area contributed by atoms with Crippen molar-refractivity contribution < 1.29 is 44.3 Å². The van der Waals surface area contributed by atoms with E-state index in [4.69, 9.17) is 0 Å². The molecule has 0 saturated carbocycles. The smallest absolute Gasteiger partial charge is 0.422 e. The minimum absolute atomic E-state index is 0.0736. The van der Waals surface area contributed by atoms with E-state index in [0.29, 0.717) is 12.1 Å². The first kappa shape index (κ1) is 23.6. The zero-order valence-electron chi connectivity index (χ0n) is 12.9. The highest BCUT2D eigenvalue weighted by Crippen LogP contribution is 2.39. The summed E-state index contributed by atoms with van der Waals surface area (Å²) >= 11 is 5.53. The average molecular weight is 534 g/mol. The highest BCUT2D eigenvalue weighted by Gasteiger charge is 2.38. The summed E-state index contributed by atoms with van der Waals surface area (Å²) in [5.74, 6) is -5.15. The monoisotopic (exact) mass is 532 g/mol. The Balaban J connectivity index is 0.000000271. The molecule has 150 valence electrons. The first-order valence-corrected chi connectivity index (χ1v) is 8.09. The molecular weight excluding hydrogens is 527 g/mol. The summed E-state index contributed by atoms with van der Waals surface area (Å²) in [5, 5.41) is 0. The van der Waals surface area contributed by atoms with Crippen LogP contribution in [0.3, 0.4) is 0 Å². The first-order valence-electron chi connectivity index (χ1n) is 6.50. The number of alkyl halides is 6. The lowest BCUT2D eigenvalue weighted by Gasteiger charge is -2.12. The second-order valence-corrected chi connectivity index (χ2v) is 6.54. The van der Waals surface area contributed by atoms with Gasteiger partial charge in [0.05, 0.1) is 7.11 Å². The molecule has 0 aliphatic heterocycles. The SMILES string of the molecule is COc1cc(Br)cc(F)c1C(F)(F)F.Fc1cc(Br)cc(F)c1C(F)(F)F. The van der Waals surface area contributed by atoms with Gasteiger partial charge in [-0.25, -0.2) is 13.2 Å².